The summed E-state index contributed by atoms with van der Waals surface area (Å²) in [7, 11) is 0. The zero-order valence-corrected chi connectivity index (χ0v) is 11.3. The Morgan fingerprint density at radius 1 is 1.19 bits per heavy atom. The quantitative estimate of drug-likeness (QED) is 0.674. The highest BCUT2D eigenvalue weighted by Gasteiger charge is 2.30. The van der Waals surface area contributed by atoms with Crippen LogP contribution >= 0.6 is 0 Å². The Balaban J connectivity index is 2.24. The second kappa shape index (κ2) is 5.41. The SMILES string of the molecule is CC(O)(CNC(=O)c1ccc2ccccc2c1O)C(=O)O. The molecule has 0 spiro atoms. The molecule has 0 saturated carbocycles. The van der Waals surface area contributed by atoms with E-state index in [-0.39, 0.29) is 11.3 Å². The van der Waals surface area contributed by atoms with Crippen LogP contribution in [0, 0.1) is 0 Å². The molecule has 4 N–H and O–H groups in total. The van der Waals surface area contributed by atoms with Gasteiger partial charge in [0, 0.05) is 5.39 Å². The van der Waals surface area contributed by atoms with E-state index in [1.807, 2.05) is 6.07 Å². The summed E-state index contributed by atoms with van der Waals surface area (Å²) in [4.78, 5) is 22.8. The normalized spacial score (nSPS) is 13.6. The highest BCUT2D eigenvalue weighted by Crippen LogP contribution is 2.28. The van der Waals surface area contributed by atoms with Gasteiger partial charge in [0.1, 0.15) is 5.75 Å². The van der Waals surface area contributed by atoms with Gasteiger partial charge in [-0.2, -0.15) is 0 Å². The maximum absolute atomic E-state index is 12.0. The summed E-state index contributed by atoms with van der Waals surface area (Å²) in [5.41, 5.74) is -2.04. The van der Waals surface area contributed by atoms with E-state index in [2.05, 4.69) is 5.32 Å². The lowest BCUT2D eigenvalue weighted by Crippen LogP contribution is -2.46. The third-order valence-corrected chi connectivity index (χ3v) is 3.20. The third kappa shape index (κ3) is 2.95. The molecule has 0 radical (unpaired) electrons. The second-order valence-electron chi connectivity index (χ2n) is 4.94. The van der Waals surface area contributed by atoms with Crippen LogP contribution in [0.25, 0.3) is 10.8 Å². The average Bonchev–Trinajstić information content (AvgIpc) is 2.45. The molecule has 1 atom stereocenters. The predicted molar refractivity (Wildman–Crippen MR) is 76.2 cm³/mol. The van der Waals surface area contributed by atoms with E-state index in [0.29, 0.717) is 5.39 Å². The number of rotatable bonds is 4. The molecular weight excluding hydrogens is 274 g/mol. The van der Waals surface area contributed by atoms with Crippen molar-refractivity contribution in [1.29, 1.82) is 0 Å². The number of hydrogen-bond donors (Lipinski definition) is 4. The van der Waals surface area contributed by atoms with Crippen molar-refractivity contribution >= 4 is 22.6 Å². The fourth-order valence-corrected chi connectivity index (χ4v) is 1.86. The molecule has 0 saturated heterocycles. The van der Waals surface area contributed by atoms with E-state index in [0.717, 1.165) is 12.3 Å². The maximum Gasteiger partial charge on any atom is 0.337 e. The van der Waals surface area contributed by atoms with Crippen molar-refractivity contribution in [2.75, 3.05) is 6.54 Å². The zero-order chi connectivity index (χ0) is 15.6. The minimum Gasteiger partial charge on any atom is -0.506 e. The molecule has 2 rings (SSSR count). The summed E-state index contributed by atoms with van der Waals surface area (Å²) in [5.74, 6) is -2.27. The van der Waals surface area contributed by atoms with Crippen LogP contribution in [0.1, 0.15) is 17.3 Å². The molecule has 2 aromatic carbocycles. The Bertz CT molecular complexity index is 708. The maximum atomic E-state index is 12.0. The van der Waals surface area contributed by atoms with Gasteiger partial charge in [-0.1, -0.05) is 30.3 Å². The van der Waals surface area contributed by atoms with Crippen molar-refractivity contribution in [3.05, 3.63) is 42.0 Å². The van der Waals surface area contributed by atoms with Crippen LogP contribution in [-0.4, -0.2) is 39.3 Å². The van der Waals surface area contributed by atoms with E-state index >= 15 is 0 Å². The summed E-state index contributed by atoms with van der Waals surface area (Å²) in [6.07, 6.45) is 0. The molecule has 2 aromatic rings. The molecule has 0 aromatic heterocycles. The Morgan fingerprint density at radius 3 is 2.52 bits per heavy atom. The van der Waals surface area contributed by atoms with E-state index in [9.17, 15) is 19.8 Å². The number of phenols is 1. The molecule has 21 heavy (non-hydrogen) atoms. The minimum absolute atomic E-state index is 0.0230. The average molecular weight is 289 g/mol. The highest BCUT2D eigenvalue weighted by atomic mass is 16.4. The molecule has 6 nitrogen and oxygen atoms in total. The van der Waals surface area contributed by atoms with Crippen molar-refractivity contribution < 1.29 is 24.9 Å². The van der Waals surface area contributed by atoms with E-state index in [1.54, 1.807) is 24.3 Å². The number of benzene rings is 2. The summed E-state index contributed by atoms with van der Waals surface area (Å²) in [5, 5.41) is 32.0. The molecule has 1 unspecified atom stereocenters. The van der Waals surface area contributed by atoms with Gasteiger partial charge < -0.3 is 20.6 Å². The van der Waals surface area contributed by atoms with Crippen molar-refractivity contribution in [3.63, 3.8) is 0 Å². The van der Waals surface area contributed by atoms with Crippen LogP contribution < -0.4 is 5.32 Å². The molecule has 0 bridgehead atoms. The van der Waals surface area contributed by atoms with Gasteiger partial charge in [-0.3, -0.25) is 4.79 Å². The van der Waals surface area contributed by atoms with Gasteiger partial charge in [0.25, 0.3) is 5.91 Å². The van der Waals surface area contributed by atoms with Crippen LogP contribution in [0.3, 0.4) is 0 Å². The molecule has 0 fully saturated rings. The number of phenolic OH excluding ortho intramolecular Hbond substituents is 1. The van der Waals surface area contributed by atoms with Gasteiger partial charge in [-0.05, 0) is 18.4 Å². The van der Waals surface area contributed by atoms with Gasteiger partial charge >= 0.3 is 5.97 Å². The van der Waals surface area contributed by atoms with Crippen LogP contribution in [-0.2, 0) is 4.79 Å². The predicted octanol–water partition coefficient (Wildman–Crippen LogP) is 1.11. The van der Waals surface area contributed by atoms with Crippen molar-refractivity contribution in [1.82, 2.24) is 5.32 Å². The Morgan fingerprint density at radius 2 is 1.86 bits per heavy atom. The van der Waals surface area contributed by atoms with Crippen molar-refractivity contribution in [2.24, 2.45) is 0 Å². The Hall–Kier alpha value is -2.60. The standard InChI is InChI=1S/C15H15NO5/c1-15(21,14(19)20)8-16-13(18)11-7-6-9-4-2-3-5-10(9)12(11)17/h2-7,17,21H,8H2,1H3,(H,16,18)(H,19,20). The number of aromatic hydroxyl groups is 1. The molecule has 0 aliphatic rings. The van der Waals surface area contributed by atoms with E-state index in [1.165, 1.54) is 6.07 Å². The topological polar surface area (TPSA) is 107 Å². The highest BCUT2D eigenvalue weighted by molar-refractivity contribution is 6.03. The summed E-state index contributed by atoms with van der Waals surface area (Å²) < 4.78 is 0. The second-order valence-corrected chi connectivity index (χ2v) is 4.94. The number of carbonyl (C=O) groups is 2. The summed E-state index contributed by atoms with van der Waals surface area (Å²) in [6, 6.07) is 10.1. The van der Waals surface area contributed by atoms with Gasteiger partial charge in [0.15, 0.2) is 5.60 Å². The van der Waals surface area contributed by atoms with Crippen LogP contribution in [0.5, 0.6) is 5.75 Å². The van der Waals surface area contributed by atoms with Crippen LogP contribution in [0.4, 0.5) is 0 Å². The number of aliphatic carboxylic acids is 1. The number of nitrogens with one attached hydrogen (secondary N) is 1. The number of carboxylic acid groups (broad SMARTS) is 1. The molecule has 6 heteroatoms. The van der Waals surface area contributed by atoms with Crippen molar-refractivity contribution in [2.45, 2.75) is 12.5 Å². The smallest absolute Gasteiger partial charge is 0.337 e. The van der Waals surface area contributed by atoms with Gasteiger partial charge in [-0.15, -0.1) is 0 Å². The lowest BCUT2D eigenvalue weighted by Gasteiger charge is -2.18. The number of carboxylic acids is 1. The first-order valence-corrected chi connectivity index (χ1v) is 6.27. The first-order chi connectivity index (χ1) is 9.83. The van der Waals surface area contributed by atoms with Crippen molar-refractivity contribution in [3.8, 4) is 5.75 Å². The van der Waals surface area contributed by atoms with E-state index < -0.39 is 24.0 Å². The zero-order valence-electron chi connectivity index (χ0n) is 11.3. The number of fused-ring (bicyclic) bond motifs is 1. The first kappa shape index (κ1) is 14.8. The van der Waals surface area contributed by atoms with Gasteiger partial charge in [-0.25, -0.2) is 4.79 Å². The van der Waals surface area contributed by atoms with Crippen LogP contribution in [0.15, 0.2) is 36.4 Å². The van der Waals surface area contributed by atoms with Gasteiger partial charge in [0.05, 0.1) is 12.1 Å². The Labute approximate surface area is 120 Å². The Kier molecular flexibility index (Phi) is 3.82. The number of hydrogen-bond acceptors (Lipinski definition) is 4. The largest absolute Gasteiger partial charge is 0.506 e. The molecule has 0 aliphatic carbocycles. The number of aliphatic hydroxyl groups is 1. The lowest BCUT2D eigenvalue weighted by atomic mass is 10.0. The van der Waals surface area contributed by atoms with Gasteiger partial charge in [0.2, 0.25) is 0 Å². The number of amides is 1. The fourth-order valence-electron chi connectivity index (χ4n) is 1.86. The monoisotopic (exact) mass is 289 g/mol. The first-order valence-electron chi connectivity index (χ1n) is 6.27. The summed E-state index contributed by atoms with van der Waals surface area (Å²) >= 11 is 0. The molecule has 0 aliphatic heterocycles. The molecule has 0 heterocycles. The van der Waals surface area contributed by atoms with Crippen LogP contribution in [0.2, 0.25) is 0 Å². The minimum atomic E-state index is -2.07. The molecular formula is C15H15NO5. The third-order valence-electron chi connectivity index (χ3n) is 3.20. The summed E-state index contributed by atoms with van der Waals surface area (Å²) in [6.45, 7) is 0.614. The molecule has 1 amide bonds. The fraction of sp³-hybridized carbons (Fsp3) is 0.200. The number of carbonyl (C=O) groups excluding carboxylic acids is 1. The van der Waals surface area contributed by atoms with E-state index in [4.69, 9.17) is 5.11 Å². The lowest BCUT2D eigenvalue weighted by molar-refractivity contribution is -0.155. The molecule has 110 valence electrons.